The lowest BCUT2D eigenvalue weighted by Gasteiger charge is -2.36. The maximum Gasteiger partial charge on any atom is 0.270 e. The number of fused-ring (bicyclic) bond motifs is 5. The number of para-hydroxylation sites is 1. The lowest BCUT2D eigenvalue weighted by molar-refractivity contribution is -0.384. The zero-order chi connectivity index (χ0) is 26.7. The van der Waals surface area contributed by atoms with Crippen LogP contribution in [0.1, 0.15) is 33.2 Å². The average Bonchev–Trinajstić information content (AvgIpc) is 3.40. The highest BCUT2D eigenvalue weighted by molar-refractivity contribution is 6.25. The molecule has 0 aliphatic carbocycles. The summed E-state index contributed by atoms with van der Waals surface area (Å²) in [7, 11) is 0. The average molecular weight is 508 g/mol. The monoisotopic (exact) mass is 507 g/mol. The van der Waals surface area contributed by atoms with E-state index in [0.717, 1.165) is 16.2 Å². The van der Waals surface area contributed by atoms with E-state index in [1.165, 1.54) is 31.2 Å². The quantitative estimate of drug-likeness (QED) is 0.221. The van der Waals surface area contributed by atoms with E-state index in [9.17, 15) is 29.3 Å². The molecule has 3 aliphatic rings. The van der Waals surface area contributed by atoms with E-state index in [1.807, 2.05) is 41.3 Å². The molecule has 4 atom stereocenters. The van der Waals surface area contributed by atoms with Crippen molar-refractivity contribution in [1.29, 1.82) is 0 Å². The Morgan fingerprint density at radius 1 is 0.868 bits per heavy atom. The van der Waals surface area contributed by atoms with E-state index in [0.29, 0.717) is 11.3 Å². The number of rotatable bonds is 5. The van der Waals surface area contributed by atoms with Crippen LogP contribution in [0.3, 0.4) is 0 Å². The van der Waals surface area contributed by atoms with Gasteiger partial charge < -0.3 is 4.90 Å². The van der Waals surface area contributed by atoms with Gasteiger partial charge in [-0.3, -0.25) is 29.3 Å². The number of imide groups is 1. The van der Waals surface area contributed by atoms with Crippen molar-refractivity contribution in [2.24, 2.45) is 11.8 Å². The van der Waals surface area contributed by atoms with E-state index >= 15 is 0 Å². The summed E-state index contributed by atoms with van der Waals surface area (Å²) in [5.74, 6) is -3.37. The third-order valence-corrected chi connectivity index (χ3v) is 7.56. The molecule has 6 rings (SSSR count). The number of nitrogens with zero attached hydrogens (tertiary/aromatic N) is 3. The van der Waals surface area contributed by atoms with Crippen LogP contribution >= 0.6 is 0 Å². The Bertz CT molecular complexity index is 1580. The van der Waals surface area contributed by atoms with Crippen molar-refractivity contribution >= 4 is 46.5 Å². The van der Waals surface area contributed by atoms with Crippen molar-refractivity contribution in [3.8, 4) is 0 Å². The highest BCUT2D eigenvalue weighted by Gasteiger charge is 2.64. The van der Waals surface area contributed by atoms with Gasteiger partial charge in [-0.05, 0) is 42.8 Å². The van der Waals surface area contributed by atoms with Crippen molar-refractivity contribution in [2.45, 2.75) is 19.0 Å². The molecule has 0 saturated carbocycles. The highest BCUT2D eigenvalue weighted by atomic mass is 16.6. The number of nitro benzene ring substituents is 1. The van der Waals surface area contributed by atoms with Gasteiger partial charge in [-0.25, -0.2) is 4.90 Å². The number of carbonyl (C=O) groups excluding carboxylic acids is 4. The van der Waals surface area contributed by atoms with Crippen LogP contribution in [0.2, 0.25) is 0 Å². The SMILES string of the molecule is CC(=O)c1ccc(N2C(=O)C3C(C2=O)C(C(=O)c2cccc([N+](=O)[O-])c2)N2c4ccccc4C=CC32)cc1. The lowest BCUT2D eigenvalue weighted by atomic mass is 9.86. The minimum atomic E-state index is -1.05. The molecule has 2 fully saturated rings. The molecule has 0 N–H and O–H groups in total. The van der Waals surface area contributed by atoms with Crippen LogP contribution in [-0.4, -0.2) is 40.4 Å². The Balaban J connectivity index is 1.47. The third-order valence-electron chi connectivity index (χ3n) is 7.56. The first-order chi connectivity index (χ1) is 18.3. The van der Waals surface area contributed by atoms with E-state index < -0.39 is 46.4 Å². The maximum absolute atomic E-state index is 14.0. The van der Waals surface area contributed by atoms with Crippen LogP contribution < -0.4 is 9.80 Å². The molecule has 2 saturated heterocycles. The molecule has 188 valence electrons. The number of ketones is 2. The molecular formula is C29H21N3O6. The van der Waals surface area contributed by atoms with Crippen molar-refractivity contribution in [3.05, 3.63) is 106 Å². The van der Waals surface area contributed by atoms with Gasteiger partial charge in [0.2, 0.25) is 11.8 Å². The number of amides is 2. The molecule has 0 radical (unpaired) electrons. The second kappa shape index (κ2) is 8.58. The summed E-state index contributed by atoms with van der Waals surface area (Å²) in [5.41, 5.74) is 2.20. The molecule has 0 spiro atoms. The fourth-order valence-electron chi connectivity index (χ4n) is 5.86. The smallest absolute Gasteiger partial charge is 0.270 e. The summed E-state index contributed by atoms with van der Waals surface area (Å²) < 4.78 is 0. The first-order valence-corrected chi connectivity index (χ1v) is 12.1. The van der Waals surface area contributed by atoms with Crippen molar-refractivity contribution in [3.63, 3.8) is 0 Å². The van der Waals surface area contributed by atoms with E-state index in [2.05, 4.69) is 0 Å². The zero-order valence-electron chi connectivity index (χ0n) is 20.2. The Labute approximate surface area is 217 Å². The topological polar surface area (TPSA) is 118 Å². The first-order valence-electron chi connectivity index (χ1n) is 12.1. The van der Waals surface area contributed by atoms with Crippen LogP contribution in [0.15, 0.2) is 78.9 Å². The minimum Gasteiger partial charge on any atom is -0.352 e. The second-order valence-electron chi connectivity index (χ2n) is 9.60. The molecule has 2 amide bonds. The molecule has 38 heavy (non-hydrogen) atoms. The van der Waals surface area contributed by atoms with Gasteiger partial charge in [0.15, 0.2) is 11.6 Å². The standard InChI is InChI=1S/C29H21N3O6/c1-16(33)17-9-12-20(13-10-17)30-28(35)24-23-14-11-18-5-2-3-8-22(18)31(23)26(25(24)29(30)36)27(34)19-6-4-7-21(15-19)32(37)38/h2-15,23-26H,1H3. The number of carbonyl (C=O) groups is 4. The van der Waals surface area contributed by atoms with Crippen LogP contribution in [0.4, 0.5) is 17.1 Å². The molecule has 3 aliphatic heterocycles. The Morgan fingerprint density at radius 2 is 1.58 bits per heavy atom. The Hall–Kier alpha value is -4.92. The number of hydrogen-bond acceptors (Lipinski definition) is 7. The van der Waals surface area contributed by atoms with Gasteiger partial charge in [-0.2, -0.15) is 0 Å². The molecule has 9 nitrogen and oxygen atoms in total. The van der Waals surface area contributed by atoms with E-state index in [1.54, 1.807) is 24.3 Å². The van der Waals surface area contributed by atoms with Gasteiger partial charge >= 0.3 is 0 Å². The van der Waals surface area contributed by atoms with Crippen LogP contribution in [0, 0.1) is 22.0 Å². The lowest BCUT2D eigenvalue weighted by Crippen LogP contribution is -2.48. The molecule has 4 unspecified atom stereocenters. The molecule has 0 bridgehead atoms. The Kier molecular flexibility index (Phi) is 5.30. The van der Waals surface area contributed by atoms with Gasteiger partial charge in [0.25, 0.3) is 5.69 Å². The normalized spacial score (nSPS) is 23.2. The zero-order valence-corrected chi connectivity index (χ0v) is 20.2. The van der Waals surface area contributed by atoms with Crippen molar-refractivity contribution in [1.82, 2.24) is 0 Å². The summed E-state index contributed by atoms with van der Waals surface area (Å²) >= 11 is 0. The predicted molar refractivity (Wildman–Crippen MR) is 139 cm³/mol. The first kappa shape index (κ1) is 23.5. The summed E-state index contributed by atoms with van der Waals surface area (Å²) in [5, 5.41) is 11.4. The number of hydrogen-bond donors (Lipinski definition) is 0. The summed E-state index contributed by atoms with van der Waals surface area (Å²) in [6, 6.07) is 17.5. The second-order valence-corrected chi connectivity index (χ2v) is 9.60. The largest absolute Gasteiger partial charge is 0.352 e. The molecule has 0 aromatic heterocycles. The van der Waals surface area contributed by atoms with Crippen LogP contribution in [0.5, 0.6) is 0 Å². The minimum absolute atomic E-state index is 0.0974. The number of benzene rings is 3. The summed E-state index contributed by atoms with van der Waals surface area (Å²) in [6.07, 6.45) is 3.73. The summed E-state index contributed by atoms with van der Waals surface area (Å²) in [4.78, 5) is 67.2. The predicted octanol–water partition coefficient (Wildman–Crippen LogP) is 4.07. The van der Waals surface area contributed by atoms with Crippen molar-refractivity contribution < 1.29 is 24.1 Å². The number of Topliss-reactive ketones (excluding diaryl/α,β-unsaturated/α-hetero) is 2. The number of nitro groups is 1. The van der Waals surface area contributed by atoms with Gasteiger partial charge in [0.1, 0.15) is 6.04 Å². The molecule has 9 heteroatoms. The fraction of sp³-hybridized carbons (Fsp3) is 0.172. The highest BCUT2D eigenvalue weighted by Crippen LogP contribution is 2.49. The number of anilines is 2. The fourth-order valence-corrected chi connectivity index (χ4v) is 5.86. The number of non-ortho nitro benzene ring substituents is 1. The van der Waals surface area contributed by atoms with Crippen LogP contribution in [0.25, 0.3) is 6.08 Å². The van der Waals surface area contributed by atoms with E-state index in [-0.39, 0.29) is 17.0 Å². The van der Waals surface area contributed by atoms with Crippen LogP contribution in [-0.2, 0) is 9.59 Å². The van der Waals surface area contributed by atoms with Gasteiger partial charge in [0, 0.05) is 28.9 Å². The van der Waals surface area contributed by atoms with Gasteiger partial charge in [0.05, 0.1) is 28.5 Å². The molecule has 3 aromatic carbocycles. The van der Waals surface area contributed by atoms with Gasteiger partial charge in [-0.15, -0.1) is 0 Å². The summed E-state index contributed by atoms with van der Waals surface area (Å²) in [6.45, 7) is 1.43. The molecular weight excluding hydrogens is 486 g/mol. The van der Waals surface area contributed by atoms with Crippen molar-refractivity contribution in [2.75, 3.05) is 9.80 Å². The van der Waals surface area contributed by atoms with E-state index in [4.69, 9.17) is 0 Å². The maximum atomic E-state index is 14.0. The molecule has 3 heterocycles. The molecule has 3 aromatic rings. The van der Waals surface area contributed by atoms with Gasteiger partial charge in [-0.1, -0.05) is 42.5 Å². The Morgan fingerprint density at radius 3 is 2.29 bits per heavy atom. The third kappa shape index (κ3) is 3.39.